The van der Waals surface area contributed by atoms with Gasteiger partial charge in [0.1, 0.15) is 11.9 Å². The fraction of sp³-hybridized carbons (Fsp3) is 0.103. The summed E-state index contributed by atoms with van der Waals surface area (Å²) >= 11 is 0. The monoisotopic (exact) mass is 502 g/mol. The maximum Gasteiger partial charge on any atom is 0.344 e. The van der Waals surface area contributed by atoms with Crippen molar-refractivity contribution in [1.29, 1.82) is 0 Å². The Morgan fingerprint density at radius 1 is 0.947 bits per heavy atom. The summed E-state index contributed by atoms with van der Waals surface area (Å²) in [4.78, 5) is 23.0. The summed E-state index contributed by atoms with van der Waals surface area (Å²) in [5, 5.41) is 5.38. The molecule has 3 aromatic heterocycles. The van der Waals surface area contributed by atoms with E-state index in [0.29, 0.717) is 56.7 Å². The molecule has 9 heteroatoms. The summed E-state index contributed by atoms with van der Waals surface area (Å²) in [7, 11) is 0. The third-order valence-corrected chi connectivity index (χ3v) is 7.00. The Morgan fingerprint density at radius 3 is 2.68 bits per heavy atom. The predicted molar refractivity (Wildman–Crippen MR) is 137 cm³/mol. The molecule has 1 unspecified atom stereocenters. The van der Waals surface area contributed by atoms with Gasteiger partial charge in [0.2, 0.25) is 12.7 Å². The Kier molecular flexibility index (Phi) is 4.22. The number of hydrogen-bond acceptors (Lipinski definition) is 8. The van der Waals surface area contributed by atoms with E-state index in [1.54, 1.807) is 16.9 Å². The summed E-state index contributed by atoms with van der Waals surface area (Å²) in [5.74, 6) is 2.09. The van der Waals surface area contributed by atoms with E-state index in [-0.39, 0.29) is 6.79 Å². The van der Waals surface area contributed by atoms with Crippen LogP contribution in [0.2, 0.25) is 0 Å². The minimum absolute atomic E-state index is 0.182. The van der Waals surface area contributed by atoms with Crippen LogP contribution in [0, 0.1) is 6.92 Å². The lowest BCUT2D eigenvalue weighted by molar-refractivity contribution is 0.174. The highest BCUT2D eigenvalue weighted by Crippen LogP contribution is 2.49. The van der Waals surface area contributed by atoms with Gasteiger partial charge < -0.3 is 18.6 Å². The Hall–Kier alpha value is -5.18. The van der Waals surface area contributed by atoms with E-state index in [1.807, 2.05) is 67.6 Å². The number of hydrogen-bond donors (Lipinski definition) is 0. The van der Waals surface area contributed by atoms with E-state index < -0.39 is 11.5 Å². The molecule has 0 saturated carbocycles. The van der Waals surface area contributed by atoms with E-state index in [9.17, 15) is 4.79 Å². The molecule has 0 spiro atoms. The van der Waals surface area contributed by atoms with Crippen LogP contribution in [-0.2, 0) is 0 Å². The van der Waals surface area contributed by atoms with E-state index in [2.05, 4.69) is 10.1 Å². The SMILES string of the molecule is Cc1ccc(C2c3c(c4ccccc4oc3=O)Oc3ncn4nc(-c5ccc6c(c5)OCO6)nc4c32)cc1. The van der Waals surface area contributed by atoms with Crippen LogP contribution in [0.5, 0.6) is 23.1 Å². The fourth-order valence-corrected chi connectivity index (χ4v) is 5.18. The van der Waals surface area contributed by atoms with Crippen LogP contribution >= 0.6 is 0 Å². The largest absolute Gasteiger partial charge is 0.454 e. The molecule has 0 amide bonds. The molecule has 0 radical (unpaired) electrons. The molecule has 8 rings (SSSR count). The average Bonchev–Trinajstić information content (AvgIpc) is 3.59. The number of benzene rings is 3. The molecule has 5 heterocycles. The number of para-hydroxylation sites is 1. The van der Waals surface area contributed by atoms with Gasteiger partial charge in [-0.3, -0.25) is 0 Å². The van der Waals surface area contributed by atoms with Crippen LogP contribution < -0.4 is 19.8 Å². The van der Waals surface area contributed by atoms with Gasteiger partial charge in [-0.2, -0.15) is 0 Å². The van der Waals surface area contributed by atoms with Crippen LogP contribution in [0.3, 0.4) is 0 Å². The average molecular weight is 502 g/mol. The second-order valence-electron chi connectivity index (χ2n) is 9.31. The molecule has 184 valence electrons. The zero-order valence-corrected chi connectivity index (χ0v) is 20.0. The van der Waals surface area contributed by atoms with Crippen molar-refractivity contribution in [1.82, 2.24) is 19.6 Å². The highest BCUT2D eigenvalue weighted by atomic mass is 16.7. The lowest BCUT2D eigenvalue weighted by Crippen LogP contribution is -2.22. The molecule has 0 fully saturated rings. The van der Waals surface area contributed by atoms with E-state index in [0.717, 1.165) is 16.7 Å². The van der Waals surface area contributed by atoms with Crippen molar-refractivity contribution in [2.75, 3.05) is 6.79 Å². The normalized spacial score (nSPS) is 15.3. The molecule has 0 N–H and O–H groups in total. The molecular formula is C29H18N4O5. The lowest BCUT2D eigenvalue weighted by atomic mass is 9.84. The Labute approximate surface area is 214 Å². The van der Waals surface area contributed by atoms with E-state index in [1.165, 1.54) is 0 Å². The minimum atomic E-state index is -0.528. The van der Waals surface area contributed by atoms with Crippen molar-refractivity contribution in [3.8, 4) is 34.5 Å². The van der Waals surface area contributed by atoms with Gasteiger partial charge >= 0.3 is 5.63 Å². The van der Waals surface area contributed by atoms with Crippen molar-refractivity contribution >= 4 is 16.6 Å². The summed E-state index contributed by atoms with van der Waals surface area (Å²) in [6, 6.07) is 20.9. The minimum Gasteiger partial charge on any atom is -0.454 e. The van der Waals surface area contributed by atoms with Crippen LogP contribution in [0.4, 0.5) is 0 Å². The van der Waals surface area contributed by atoms with Crippen LogP contribution in [0.1, 0.15) is 28.2 Å². The van der Waals surface area contributed by atoms with Crippen LogP contribution in [0.15, 0.2) is 82.3 Å². The quantitative estimate of drug-likeness (QED) is 0.297. The molecule has 2 aliphatic heterocycles. The molecule has 38 heavy (non-hydrogen) atoms. The summed E-state index contributed by atoms with van der Waals surface area (Å²) in [6.45, 7) is 2.20. The molecule has 0 bridgehead atoms. The highest BCUT2D eigenvalue weighted by molar-refractivity contribution is 5.87. The van der Waals surface area contributed by atoms with Crippen LogP contribution in [0.25, 0.3) is 28.0 Å². The van der Waals surface area contributed by atoms with Gasteiger partial charge in [0.15, 0.2) is 28.7 Å². The maximum absolute atomic E-state index is 13.5. The second-order valence-corrected chi connectivity index (χ2v) is 9.31. The van der Waals surface area contributed by atoms with Gasteiger partial charge in [-0.25, -0.2) is 19.3 Å². The molecular weight excluding hydrogens is 484 g/mol. The first-order valence-corrected chi connectivity index (χ1v) is 12.1. The van der Waals surface area contributed by atoms with Gasteiger partial charge in [-0.15, -0.1) is 5.10 Å². The van der Waals surface area contributed by atoms with E-state index in [4.69, 9.17) is 23.6 Å². The molecule has 1 atom stereocenters. The zero-order valence-electron chi connectivity index (χ0n) is 20.0. The van der Waals surface area contributed by atoms with Gasteiger partial charge in [-0.05, 0) is 42.8 Å². The lowest BCUT2D eigenvalue weighted by Gasteiger charge is -2.27. The summed E-state index contributed by atoms with van der Waals surface area (Å²) in [5.41, 5.74) is 4.34. The predicted octanol–water partition coefficient (Wildman–Crippen LogP) is 5.22. The zero-order chi connectivity index (χ0) is 25.4. The number of ether oxygens (including phenoxy) is 3. The second kappa shape index (κ2) is 7.66. The van der Waals surface area contributed by atoms with Gasteiger partial charge in [0.05, 0.1) is 22.4 Å². The van der Waals surface area contributed by atoms with Gasteiger partial charge in [-0.1, -0.05) is 42.0 Å². The Bertz CT molecular complexity index is 1980. The Balaban J connectivity index is 1.40. The fourth-order valence-electron chi connectivity index (χ4n) is 5.18. The third kappa shape index (κ3) is 2.98. The van der Waals surface area contributed by atoms with Crippen molar-refractivity contribution < 1.29 is 18.6 Å². The first kappa shape index (κ1) is 21.0. The third-order valence-electron chi connectivity index (χ3n) is 7.00. The number of aromatic nitrogens is 4. The van der Waals surface area contributed by atoms with E-state index >= 15 is 0 Å². The molecule has 2 aliphatic rings. The maximum atomic E-state index is 13.5. The van der Waals surface area contributed by atoms with Crippen molar-refractivity contribution in [3.05, 3.63) is 106 Å². The molecule has 9 nitrogen and oxygen atoms in total. The highest BCUT2D eigenvalue weighted by Gasteiger charge is 2.37. The van der Waals surface area contributed by atoms with Crippen LogP contribution in [-0.4, -0.2) is 26.4 Å². The van der Waals surface area contributed by atoms with Crippen molar-refractivity contribution in [2.24, 2.45) is 0 Å². The summed E-state index contributed by atoms with van der Waals surface area (Å²) < 4.78 is 24.7. The topological polar surface area (TPSA) is 101 Å². The van der Waals surface area contributed by atoms with Gasteiger partial charge in [0, 0.05) is 5.56 Å². The summed E-state index contributed by atoms with van der Waals surface area (Å²) in [6.07, 6.45) is 1.57. The molecule has 3 aromatic carbocycles. The molecule has 0 aliphatic carbocycles. The van der Waals surface area contributed by atoms with Crippen molar-refractivity contribution in [3.63, 3.8) is 0 Å². The van der Waals surface area contributed by atoms with Gasteiger partial charge in [0.25, 0.3) is 0 Å². The number of nitrogens with zero attached hydrogens (tertiary/aromatic N) is 4. The first-order chi connectivity index (χ1) is 18.6. The molecule has 0 saturated heterocycles. The Morgan fingerprint density at radius 2 is 1.79 bits per heavy atom. The standard InChI is InChI=1S/C29H18N4O5/c1-15-6-8-16(9-7-15)22-23-25(18-4-2-3-5-19(18)37-29(23)34)38-28-24(22)27-31-26(32-33(27)13-30-28)17-10-11-20-21(12-17)36-14-35-20/h2-13,22H,14H2,1H3. The number of fused-ring (bicyclic) bond motifs is 7. The van der Waals surface area contributed by atoms with Crippen molar-refractivity contribution in [2.45, 2.75) is 12.8 Å². The number of rotatable bonds is 2. The smallest absolute Gasteiger partial charge is 0.344 e. The number of aryl methyl sites for hydroxylation is 1. The molecule has 6 aromatic rings. The first-order valence-electron chi connectivity index (χ1n) is 12.1.